The van der Waals surface area contributed by atoms with Crippen LogP contribution in [0.25, 0.3) is 0 Å². The summed E-state index contributed by atoms with van der Waals surface area (Å²) in [5.74, 6) is -0.739. The molecule has 1 rings (SSSR count). The maximum absolute atomic E-state index is 13.0. The summed E-state index contributed by atoms with van der Waals surface area (Å²) in [6.45, 7) is 2.77. The molecule has 5 nitrogen and oxygen atoms in total. The molecule has 19 heavy (non-hydrogen) atoms. The van der Waals surface area contributed by atoms with Gasteiger partial charge in [0.05, 0.1) is 33.0 Å². The van der Waals surface area contributed by atoms with Crippen LogP contribution in [0.2, 0.25) is 0 Å². The van der Waals surface area contributed by atoms with Gasteiger partial charge in [-0.15, -0.1) is 0 Å². The van der Waals surface area contributed by atoms with Crippen LogP contribution in [0.4, 0.5) is 4.39 Å². The van der Waals surface area contributed by atoms with Gasteiger partial charge in [0.25, 0.3) is 0 Å². The van der Waals surface area contributed by atoms with Crippen LogP contribution in [-0.2, 0) is 14.2 Å². The van der Waals surface area contributed by atoms with E-state index in [4.69, 9.17) is 24.1 Å². The molecule has 0 aliphatic carbocycles. The quantitative estimate of drug-likeness (QED) is 0.657. The van der Waals surface area contributed by atoms with E-state index in [0.717, 1.165) is 6.07 Å². The van der Waals surface area contributed by atoms with Gasteiger partial charge in [-0.1, -0.05) is 0 Å². The molecular weight excluding hydrogens is 255 g/mol. The third kappa shape index (κ3) is 6.95. The highest BCUT2D eigenvalue weighted by molar-refractivity contribution is 5.31. The third-order valence-electron chi connectivity index (χ3n) is 2.22. The second-order valence-corrected chi connectivity index (χ2v) is 3.68. The van der Waals surface area contributed by atoms with Crippen LogP contribution in [0.3, 0.4) is 0 Å². The Morgan fingerprint density at radius 1 is 1.00 bits per heavy atom. The van der Waals surface area contributed by atoms with Crippen LogP contribution in [0.5, 0.6) is 11.5 Å². The molecule has 0 heterocycles. The topological polar surface area (TPSA) is 57.2 Å². The number of phenolic OH excluding ortho intramolecular Hbond substituents is 1. The van der Waals surface area contributed by atoms with Gasteiger partial charge < -0.3 is 24.1 Å². The highest BCUT2D eigenvalue weighted by atomic mass is 19.1. The number of hydrogen-bond donors (Lipinski definition) is 1. The summed E-state index contributed by atoms with van der Waals surface area (Å²) in [6, 6.07) is 3.87. The number of rotatable bonds is 10. The Hall–Kier alpha value is -1.37. The lowest BCUT2D eigenvalue weighted by molar-refractivity contribution is 0.0179. The molecule has 0 atom stereocenters. The molecule has 0 fully saturated rings. The number of methoxy groups -OCH3 is 1. The Labute approximate surface area is 111 Å². The lowest BCUT2D eigenvalue weighted by Gasteiger charge is -2.08. The molecular formula is C13H19FO5. The summed E-state index contributed by atoms with van der Waals surface area (Å²) < 4.78 is 33.5. The van der Waals surface area contributed by atoms with Gasteiger partial charge in [0.15, 0.2) is 11.6 Å². The molecule has 0 bridgehead atoms. The van der Waals surface area contributed by atoms with Crippen molar-refractivity contribution >= 4 is 0 Å². The molecule has 0 aliphatic heterocycles. The first-order chi connectivity index (χ1) is 9.24. The summed E-state index contributed by atoms with van der Waals surface area (Å²) in [6.07, 6.45) is 0. The highest BCUT2D eigenvalue weighted by Crippen LogP contribution is 2.20. The second-order valence-electron chi connectivity index (χ2n) is 3.68. The summed E-state index contributed by atoms with van der Waals surface area (Å²) in [7, 11) is 1.61. The minimum absolute atomic E-state index is 0.308. The molecule has 0 saturated heterocycles. The monoisotopic (exact) mass is 274 g/mol. The van der Waals surface area contributed by atoms with Gasteiger partial charge in [0.1, 0.15) is 12.4 Å². The van der Waals surface area contributed by atoms with Crippen LogP contribution in [0.1, 0.15) is 0 Å². The lowest BCUT2D eigenvalue weighted by Crippen LogP contribution is -2.12. The SMILES string of the molecule is COCCOCCOCCOc1ccc(O)c(F)c1. The van der Waals surface area contributed by atoms with E-state index in [1.807, 2.05) is 0 Å². The molecule has 1 N–H and O–H groups in total. The summed E-state index contributed by atoms with van der Waals surface area (Å²) in [5, 5.41) is 9.00. The van der Waals surface area contributed by atoms with Crippen LogP contribution in [0, 0.1) is 5.82 Å². The highest BCUT2D eigenvalue weighted by Gasteiger charge is 2.01. The average molecular weight is 274 g/mol. The first kappa shape index (κ1) is 15.7. The number of ether oxygens (including phenoxy) is 4. The molecule has 1 aromatic carbocycles. The molecule has 0 aliphatic rings. The number of aromatic hydroxyl groups is 1. The van der Waals surface area contributed by atoms with Gasteiger partial charge in [-0.05, 0) is 12.1 Å². The first-order valence-electron chi connectivity index (χ1n) is 6.00. The van der Waals surface area contributed by atoms with Crippen molar-refractivity contribution < 1.29 is 28.4 Å². The Kier molecular flexibility index (Phi) is 7.88. The van der Waals surface area contributed by atoms with Gasteiger partial charge in [-0.3, -0.25) is 0 Å². The fourth-order valence-electron chi connectivity index (χ4n) is 1.26. The van der Waals surface area contributed by atoms with Crippen LogP contribution < -0.4 is 4.74 Å². The zero-order valence-corrected chi connectivity index (χ0v) is 10.9. The van der Waals surface area contributed by atoms with Crippen molar-refractivity contribution in [3.63, 3.8) is 0 Å². The van der Waals surface area contributed by atoms with Crippen LogP contribution >= 0.6 is 0 Å². The van der Waals surface area contributed by atoms with Gasteiger partial charge >= 0.3 is 0 Å². The number of phenols is 1. The minimum atomic E-state index is -0.704. The van der Waals surface area contributed by atoms with Crippen molar-refractivity contribution in [2.45, 2.75) is 0 Å². The van der Waals surface area contributed by atoms with E-state index in [-0.39, 0.29) is 0 Å². The Bertz CT molecular complexity index is 359. The van der Waals surface area contributed by atoms with E-state index in [1.165, 1.54) is 12.1 Å². The Morgan fingerprint density at radius 3 is 2.26 bits per heavy atom. The molecule has 0 radical (unpaired) electrons. The van der Waals surface area contributed by atoms with Crippen molar-refractivity contribution in [2.24, 2.45) is 0 Å². The number of hydrogen-bond acceptors (Lipinski definition) is 5. The molecule has 0 unspecified atom stereocenters. The number of benzene rings is 1. The van der Waals surface area contributed by atoms with Crippen LogP contribution in [-0.4, -0.2) is 51.9 Å². The van der Waals surface area contributed by atoms with Crippen molar-refractivity contribution in [2.75, 3.05) is 46.8 Å². The van der Waals surface area contributed by atoms with E-state index < -0.39 is 11.6 Å². The predicted octanol–water partition coefficient (Wildman–Crippen LogP) is 1.59. The molecule has 1 aromatic rings. The first-order valence-corrected chi connectivity index (χ1v) is 6.00. The standard InChI is InChI=1S/C13H19FO5/c1-16-4-5-17-6-7-18-8-9-19-11-2-3-13(15)12(14)10-11/h2-3,10,15H,4-9H2,1H3. The van der Waals surface area contributed by atoms with Gasteiger partial charge in [0.2, 0.25) is 0 Å². The maximum Gasteiger partial charge on any atom is 0.168 e. The Morgan fingerprint density at radius 2 is 1.63 bits per heavy atom. The summed E-state index contributed by atoms with van der Waals surface area (Å²) >= 11 is 0. The van der Waals surface area contributed by atoms with E-state index in [1.54, 1.807) is 7.11 Å². The second kappa shape index (κ2) is 9.55. The largest absolute Gasteiger partial charge is 0.505 e. The van der Waals surface area contributed by atoms with Gasteiger partial charge in [0, 0.05) is 13.2 Å². The van der Waals surface area contributed by atoms with Gasteiger partial charge in [-0.25, -0.2) is 4.39 Å². The summed E-state index contributed by atoms with van der Waals surface area (Å²) in [5.41, 5.74) is 0. The molecule has 0 saturated carbocycles. The number of halogens is 1. The third-order valence-corrected chi connectivity index (χ3v) is 2.22. The zero-order valence-electron chi connectivity index (χ0n) is 10.9. The predicted molar refractivity (Wildman–Crippen MR) is 67.1 cm³/mol. The van der Waals surface area contributed by atoms with Crippen molar-refractivity contribution in [1.82, 2.24) is 0 Å². The molecule has 6 heteroatoms. The van der Waals surface area contributed by atoms with E-state index >= 15 is 0 Å². The normalized spacial score (nSPS) is 10.6. The van der Waals surface area contributed by atoms with Gasteiger partial charge in [-0.2, -0.15) is 0 Å². The smallest absolute Gasteiger partial charge is 0.168 e. The Balaban J connectivity index is 2.00. The fourth-order valence-corrected chi connectivity index (χ4v) is 1.26. The lowest BCUT2D eigenvalue weighted by atomic mass is 10.3. The van der Waals surface area contributed by atoms with Crippen LogP contribution in [0.15, 0.2) is 18.2 Å². The zero-order chi connectivity index (χ0) is 13.9. The summed E-state index contributed by atoms with van der Waals surface area (Å²) in [4.78, 5) is 0. The minimum Gasteiger partial charge on any atom is -0.505 e. The average Bonchev–Trinajstić information content (AvgIpc) is 2.41. The van der Waals surface area contributed by atoms with Crippen molar-refractivity contribution in [3.05, 3.63) is 24.0 Å². The fraction of sp³-hybridized carbons (Fsp3) is 0.538. The van der Waals surface area contributed by atoms with E-state index in [2.05, 4.69) is 0 Å². The van der Waals surface area contributed by atoms with E-state index in [9.17, 15) is 4.39 Å². The molecule has 0 amide bonds. The maximum atomic E-state index is 13.0. The van der Waals surface area contributed by atoms with Crippen molar-refractivity contribution in [3.8, 4) is 11.5 Å². The molecule has 0 spiro atoms. The van der Waals surface area contributed by atoms with Crippen molar-refractivity contribution in [1.29, 1.82) is 0 Å². The molecule has 0 aromatic heterocycles. The van der Waals surface area contributed by atoms with E-state index in [0.29, 0.717) is 45.4 Å². The molecule has 108 valence electrons.